The first-order valence-electron chi connectivity index (χ1n) is 13.8. The molecule has 0 aliphatic carbocycles. The van der Waals surface area contributed by atoms with E-state index in [2.05, 4.69) is 0 Å². The van der Waals surface area contributed by atoms with Crippen LogP contribution < -0.4 is 16.2 Å². The number of aromatic hydroxyl groups is 2. The molecule has 11 heteroatoms. The fourth-order valence-corrected chi connectivity index (χ4v) is 5.13. The van der Waals surface area contributed by atoms with Gasteiger partial charge in [-0.2, -0.15) is 0 Å². The van der Waals surface area contributed by atoms with E-state index in [0.29, 0.717) is 11.3 Å². The Labute approximate surface area is 250 Å². The van der Waals surface area contributed by atoms with E-state index in [1.165, 1.54) is 26.0 Å². The highest BCUT2D eigenvalue weighted by Gasteiger charge is 2.32. The Morgan fingerprint density at radius 1 is 0.705 bits per heavy atom. The van der Waals surface area contributed by atoms with Crippen molar-refractivity contribution in [3.63, 3.8) is 0 Å². The molecule has 44 heavy (non-hydrogen) atoms. The maximum Gasteiger partial charge on any atom is 0.344 e. The second kappa shape index (κ2) is 12.7. The molecule has 2 heterocycles. The highest BCUT2D eigenvalue weighted by molar-refractivity contribution is 5.87. The summed E-state index contributed by atoms with van der Waals surface area (Å²) in [6.45, 7) is 3.34. The van der Waals surface area contributed by atoms with Crippen molar-refractivity contribution in [3.05, 3.63) is 110 Å². The minimum absolute atomic E-state index is 0.0811. The number of ether oxygens (including phenoxy) is 2. The summed E-state index contributed by atoms with van der Waals surface area (Å²) >= 11 is 0. The highest BCUT2D eigenvalue weighted by Crippen LogP contribution is 2.42. The number of anilines is 1. The number of rotatable bonds is 10. The van der Waals surface area contributed by atoms with Crippen LogP contribution in [0, 0.1) is 0 Å². The molecule has 2 N–H and O–H groups in total. The Bertz CT molecular complexity index is 1840. The lowest BCUT2D eigenvalue weighted by atomic mass is 9.84. The standard InChI is InChI=1S/C33H29NO10/c1-19(35)41-17-15-34(16-18-42-20(2)36)22-13-11-21(12-14-22)27(28-30(37)23-7-3-5-9-25(23)43-32(28)39)29-31(38)24-8-4-6-10-26(24)44-33(29)40/h3-14,27,37-38H,15-18H2,1-2H3. The van der Waals surface area contributed by atoms with Crippen molar-refractivity contribution >= 4 is 39.6 Å². The summed E-state index contributed by atoms with van der Waals surface area (Å²) in [4.78, 5) is 51.3. The zero-order chi connectivity index (χ0) is 31.4. The quantitative estimate of drug-likeness (QED) is 0.173. The molecule has 226 valence electrons. The van der Waals surface area contributed by atoms with Gasteiger partial charge in [-0.3, -0.25) is 9.59 Å². The van der Waals surface area contributed by atoms with E-state index in [1.807, 2.05) is 4.90 Å². The summed E-state index contributed by atoms with van der Waals surface area (Å²) in [7, 11) is 0. The smallest absolute Gasteiger partial charge is 0.344 e. The monoisotopic (exact) mass is 599 g/mol. The van der Waals surface area contributed by atoms with Crippen molar-refractivity contribution in [1.29, 1.82) is 0 Å². The largest absolute Gasteiger partial charge is 0.507 e. The molecule has 2 aromatic heterocycles. The third-order valence-corrected chi connectivity index (χ3v) is 7.14. The number of hydrogen-bond acceptors (Lipinski definition) is 11. The SMILES string of the molecule is CC(=O)OCCN(CCOC(C)=O)c1ccc(C(c2c(O)c3ccccc3oc2=O)c2c(O)c3ccccc3oc2=O)cc1. The lowest BCUT2D eigenvalue weighted by molar-refractivity contribution is -0.141. The summed E-state index contributed by atoms with van der Waals surface area (Å²) in [5.74, 6) is -2.97. The van der Waals surface area contributed by atoms with Gasteiger partial charge in [-0.25, -0.2) is 9.59 Å². The molecule has 0 aliphatic heterocycles. The van der Waals surface area contributed by atoms with Crippen LogP contribution in [0.2, 0.25) is 0 Å². The van der Waals surface area contributed by atoms with Crippen LogP contribution in [-0.4, -0.2) is 48.5 Å². The fourth-order valence-electron chi connectivity index (χ4n) is 5.13. The van der Waals surface area contributed by atoms with Crippen molar-refractivity contribution in [2.45, 2.75) is 19.8 Å². The van der Waals surface area contributed by atoms with E-state index in [4.69, 9.17) is 18.3 Å². The van der Waals surface area contributed by atoms with Crippen LogP contribution in [0.15, 0.2) is 91.2 Å². The van der Waals surface area contributed by atoms with Crippen LogP contribution in [0.4, 0.5) is 5.69 Å². The summed E-state index contributed by atoms with van der Waals surface area (Å²) < 4.78 is 21.2. The molecule has 5 rings (SSSR count). The van der Waals surface area contributed by atoms with Gasteiger partial charge in [-0.05, 0) is 42.0 Å². The first-order chi connectivity index (χ1) is 21.2. The van der Waals surface area contributed by atoms with Gasteiger partial charge in [0.25, 0.3) is 0 Å². The molecule has 5 aromatic rings. The van der Waals surface area contributed by atoms with E-state index < -0.39 is 40.6 Å². The first-order valence-corrected chi connectivity index (χ1v) is 13.8. The third kappa shape index (κ3) is 6.12. The molecule has 0 amide bonds. The number of fused-ring (bicyclic) bond motifs is 2. The van der Waals surface area contributed by atoms with Crippen molar-refractivity contribution in [2.24, 2.45) is 0 Å². The number of carbonyl (C=O) groups excluding carboxylic acids is 2. The van der Waals surface area contributed by atoms with Crippen LogP contribution in [0.25, 0.3) is 21.9 Å². The number of benzene rings is 3. The Balaban J connectivity index is 1.65. The maximum atomic E-state index is 13.4. The van der Waals surface area contributed by atoms with Gasteiger partial charge in [-0.1, -0.05) is 36.4 Å². The Morgan fingerprint density at radius 2 is 1.14 bits per heavy atom. The van der Waals surface area contributed by atoms with E-state index in [0.717, 1.165) is 0 Å². The number of carbonyl (C=O) groups is 2. The molecule has 0 saturated carbocycles. The van der Waals surface area contributed by atoms with Gasteiger partial charge in [0.05, 0.1) is 40.9 Å². The van der Waals surface area contributed by atoms with Gasteiger partial charge in [-0.15, -0.1) is 0 Å². The fraction of sp³-hybridized carbons (Fsp3) is 0.212. The topological polar surface area (TPSA) is 157 Å². The van der Waals surface area contributed by atoms with Crippen LogP contribution in [0.5, 0.6) is 11.5 Å². The predicted octanol–water partition coefficient (Wildman–Crippen LogP) is 4.42. The maximum absolute atomic E-state index is 13.4. The zero-order valence-electron chi connectivity index (χ0n) is 23.9. The molecule has 0 saturated heterocycles. The average Bonchev–Trinajstić information content (AvgIpc) is 2.99. The van der Waals surface area contributed by atoms with E-state index >= 15 is 0 Å². The molecule has 0 fully saturated rings. The lowest BCUT2D eigenvalue weighted by Crippen LogP contribution is -2.32. The van der Waals surface area contributed by atoms with Crippen LogP contribution in [-0.2, 0) is 19.1 Å². The molecule has 0 radical (unpaired) electrons. The van der Waals surface area contributed by atoms with E-state index in [-0.39, 0.29) is 59.4 Å². The highest BCUT2D eigenvalue weighted by atomic mass is 16.5. The van der Waals surface area contributed by atoms with Crippen molar-refractivity contribution < 1.29 is 38.1 Å². The summed E-state index contributed by atoms with van der Waals surface area (Å²) in [6, 6.07) is 19.5. The molecule has 0 unspecified atom stereocenters. The Morgan fingerprint density at radius 3 is 1.57 bits per heavy atom. The zero-order valence-corrected chi connectivity index (χ0v) is 23.9. The van der Waals surface area contributed by atoms with E-state index in [9.17, 15) is 29.4 Å². The number of para-hydroxylation sites is 2. The average molecular weight is 600 g/mol. The van der Waals surface area contributed by atoms with Crippen molar-refractivity contribution in [1.82, 2.24) is 0 Å². The van der Waals surface area contributed by atoms with Gasteiger partial charge in [0.15, 0.2) is 0 Å². The minimum Gasteiger partial charge on any atom is -0.507 e. The number of nitrogens with zero attached hydrogens (tertiary/aromatic N) is 1. The second-order valence-electron chi connectivity index (χ2n) is 9.99. The normalized spacial score (nSPS) is 11.2. The molecule has 11 nitrogen and oxygen atoms in total. The predicted molar refractivity (Wildman–Crippen MR) is 161 cm³/mol. The van der Waals surface area contributed by atoms with Crippen LogP contribution in [0.1, 0.15) is 36.5 Å². The molecular formula is C33H29NO10. The third-order valence-electron chi connectivity index (χ3n) is 7.14. The van der Waals surface area contributed by atoms with E-state index in [1.54, 1.807) is 60.7 Å². The Kier molecular flexibility index (Phi) is 8.66. The van der Waals surface area contributed by atoms with Crippen LogP contribution in [0.3, 0.4) is 0 Å². The van der Waals surface area contributed by atoms with Gasteiger partial charge >= 0.3 is 23.2 Å². The van der Waals surface area contributed by atoms with Gasteiger partial charge in [0.2, 0.25) is 0 Å². The van der Waals surface area contributed by atoms with Crippen molar-refractivity contribution in [2.75, 3.05) is 31.2 Å². The van der Waals surface area contributed by atoms with Gasteiger partial charge in [0, 0.05) is 19.5 Å². The minimum atomic E-state index is -1.29. The molecular weight excluding hydrogens is 570 g/mol. The second-order valence-corrected chi connectivity index (χ2v) is 9.99. The number of hydrogen-bond donors (Lipinski definition) is 2. The van der Waals surface area contributed by atoms with Gasteiger partial charge < -0.3 is 33.4 Å². The summed E-state index contributed by atoms with van der Waals surface area (Å²) in [6.07, 6.45) is 0. The van der Waals surface area contributed by atoms with Crippen LogP contribution >= 0.6 is 0 Å². The molecule has 3 aromatic carbocycles. The summed E-state index contributed by atoms with van der Waals surface area (Å²) in [5, 5.41) is 23.3. The summed E-state index contributed by atoms with van der Waals surface area (Å²) in [5.41, 5.74) is -0.983. The first kappa shape index (κ1) is 29.9. The molecule has 0 spiro atoms. The molecule has 0 bridgehead atoms. The molecule has 0 aliphatic rings. The number of esters is 2. The lowest BCUT2D eigenvalue weighted by Gasteiger charge is -2.25. The Hall–Kier alpha value is -5.58. The van der Waals surface area contributed by atoms with Gasteiger partial charge in [0.1, 0.15) is 35.9 Å². The van der Waals surface area contributed by atoms with Crippen molar-refractivity contribution in [3.8, 4) is 11.5 Å². The molecule has 0 atom stereocenters.